The Labute approximate surface area is 103 Å². The number of hydrazine groups is 1. The Morgan fingerprint density at radius 2 is 2.20 bits per heavy atom. The van der Waals surface area contributed by atoms with Crippen molar-refractivity contribution in [2.24, 2.45) is 10.8 Å². The van der Waals surface area contributed by atoms with Gasteiger partial charge in [-0.3, -0.25) is 4.99 Å². The first kappa shape index (κ1) is 12.5. The molecule has 1 aromatic rings. The molecule has 0 heterocycles. The summed E-state index contributed by atoms with van der Waals surface area (Å²) in [5.41, 5.74) is 3.45. The number of nitrogens with zero attached hydrogens (tertiary/aromatic N) is 1. The highest BCUT2D eigenvalue weighted by molar-refractivity contribution is 9.10. The van der Waals surface area contributed by atoms with Crippen molar-refractivity contribution in [2.75, 3.05) is 0 Å². The highest BCUT2D eigenvalue weighted by Gasteiger charge is 2.05. The number of benzene rings is 1. The van der Waals surface area contributed by atoms with Crippen molar-refractivity contribution >= 4 is 33.4 Å². The zero-order valence-corrected chi connectivity index (χ0v) is 10.9. The summed E-state index contributed by atoms with van der Waals surface area (Å²) in [6, 6.07) is 5.76. The lowest BCUT2D eigenvalue weighted by Crippen LogP contribution is -2.32. The summed E-state index contributed by atoms with van der Waals surface area (Å²) in [7, 11) is 0. The van der Waals surface area contributed by atoms with Crippen molar-refractivity contribution in [3.63, 3.8) is 0 Å². The second kappa shape index (κ2) is 5.49. The van der Waals surface area contributed by atoms with E-state index in [1.807, 2.05) is 32.0 Å². The van der Waals surface area contributed by atoms with Crippen molar-refractivity contribution < 1.29 is 0 Å². The maximum atomic E-state index is 5.98. The highest BCUT2D eigenvalue weighted by atomic mass is 79.9. The molecule has 5 heteroatoms. The van der Waals surface area contributed by atoms with Gasteiger partial charge in [-0.1, -0.05) is 17.7 Å². The smallest absolute Gasteiger partial charge is 0.142 e. The van der Waals surface area contributed by atoms with Crippen LogP contribution in [0.4, 0.5) is 0 Å². The minimum Gasteiger partial charge on any atom is -0.308 e. The van der Waals surface area contributed by atoms with Crippen molar-refractivity contribution in [3.05, 3.63) is 33.3 Å². The van der Waals surface area contributed by atoms with E-state index in [4.69, 9.17) is 17.4 Å². The van der Waals surface area contributed by atoms with E-state index in [1.165, 1.54) is 0 Å². The molecule has 3 N–H and O–H groups in total. The average Bonchev–Trinajstić information content (AvgIpc) is 2.18. The minimum absolute atomic E-state index is 0.179. The highest BCUT2D eigenvalue weighted by Crippen LogP contribution is 2.23. The van der Waals surface area contributed by atoms with Crippen LogP contribution in [-0.2, 0) is 0 Å². The van der Waals surface area contributed by atoms with E-state index in [-0.39, 0.29) is 6.04 Å². The molecular weight excluding hydrogens is 277 g/mol. The molecule has 0 aliphatic rings. The fourth-order valence-electron chi connectivity index (χ4n) is 1.10. The number of aliphatic imine (C=N–C) groups is 1. The fraction of sp³-hybridized carbons (Fsp3) is 0.300. The van der Waals surface area contributed by atoms with Crippen LogP contribution < -0.4 is 11.3 Å². The summed E-state index contributed by atoms with van der Waals surface area (Å²) < 4.78 is 0.855. The molecular formula is C10H13BrClN3. The molecule has 1 rings (SSSR count). The van der Waals surface area contributed by atoms with Crippen LogP contribution in [-0.4, -0.2) is 11.9 Å². The Kier molecular flexibility index (Phi) is 4.57. The zero-order valence-electron chi connectivity index (χ0n) is 8.59. The molecule has 0 saturated carbocycles. The van der Waals surface area contributed by atoms with Crippen molar-refractivity contribution in [1.29, 1.82) is 0 Å². The quantitative estimate of drug-likeness (QED) is 0.381. The largest absolute Gasteiger partial charge is 0.308 e. The monoisotopic (exact) mass is 289 g/mol. The summed E-state index contributed by atoms with van der Waals surface area (Å²) in [4.78, 5) is 4.34. The first-order chi connectivity index (χ1) is 7.04. The Morgan fingerprint density at radius 1 is 1.53 bits per heavy atom. The van der Waals surface area contributed by atoms with E-state index in [2.05, 4.69) is 26.3 Å². The van der Waals surface area contributed by atoms with E-state index in [1.54, 1.807) is 0 Å². The number of amidine groups is 1. The Hall–Kier alpha value is -0.580. The molecule has 0 amide bonds. The van der Waals surface area contributed by atoms with Crippen molar-refractivity contribution in [3.8, 4) is 0 Å². The second-order valence-electron chi connectivity index (χ2n) is 3.34. The van der Waals surface area contributed by atoms with Crippen LogP contribution in [0.3, 0.4) is 0 Å². The van der Waals surface area contributed by atoms with Crippen LogP contribution in [0.5, 0.6) is 0 Å². The number of nitrogens with one attached hydrogen (secondary N) is 1. The van der Waals surface area contributed by atoms with E-state index >= 15 is 0 Å². The third-order valence-corrected chi connectivity index (χ3v) is 2.95. The standard InChI is InChI=1S/C10H13BrClN3/c1-6(2)14-10(15-13)7-3-4-8(11)9(12)5-7/h3-6H,13H2,1-2H3,(H,14,15). The lowest BCUT2D eigenvalue weighted by molar-refractivity contribution is 0.820. The van der Waals surface area contributed by atoms with Crippen LogP contribution >= 0.6 is 27.5 Å². The van der Waals surface area contributed by atoms with Gasteiger partial charge in [-0.2, -0.15) is 0 Å². The van der Waals surface area contributed by atoms with E-state index in [9.17, 15) is 0 Å². The number of nitrogens with two attached hydrogens (primary N) is 1. The molecule has 0 aromatic heterocycles. The summed E-state index contributed by atoms with van der Waals surface area (Å²) in [6.45, 7) is 3.97. The maximum Gasteiger partial charge on any atom is 0.142 e. The molecule has 0 spiro atoms. The van der Waals surface area contributed by atoms with Crippen LogP contribution in [0.2, 0.25) is 5.02 Å². The number of rotatable bonds is 2. The van der Waals surface area contributed by atoms with Crippen molar-refractivity contribution in [2.45, 2.75) is 19.9 Å². The molecule has 15 heavy (non-hydrogen) atoms. The molecule has 0 aliphatic heterocycles. The molecule has 1 aromatic carbocycles. The predicted octanol–water partition coefficient (Wildman–Crippen LogP) is 2.72. The van der Waals surface area contributed by atoms with E-state index < -0.39 is 0 Å². The topological polar surface area (TPSA) is 50.4 Å². The Bertz CT molecular complexity index is 377. The van der Waals surface area contributed by atoms with Crippen LogP contribution in [0.1, 0.15) is 19.4 Å². The first-order valence-corrected chi connectivity index (χ1v) is 5.71. The molecule has 0 radical (unpaired) electrons. The number of halogens is 2. The van der Waals surface area contributed by atoms with Gasteiger partial charge in [0.25, 0.3) is 0 Å². The molecule has 0 atom stereocenters. The predicted molar refractivity (Wildman–Crippen MR) is 68.1 cm³/mol. The van der Waals surface area contributed by atoms with E-state index in [0.29, 0.717) is 10.9 Å². The van der Waals surface area contributed by atoms with Gasteiger partial charge in [0.05, 0.1) is 5.02 Å². The summed E-state index contributed by atoms with van der Waals surface area (Å²) >= 11 is 9.31. The van der Waals surface area contributed by atoms with Gasteiger partial charge in [-0.05, 0) is 41.9 Å². The lowest BCUT2D eigenvalue weighted by atomic mass is 10.2. The summed E-state index contributed by atoms with van der Waals surface area (Å²) in [5, 5.41) is 0.638. The molecule has 0 fully saturated rings. The zero-order chi connectivity index (χ0) is 11.4. The van der Waals surface area contributed by atoms with Crippen LogP contribution in [0, 0.1) is 0 Å². The van der Waals surface area contributed by atoms with Gasteiger partial charge in [0.2, 0.25) is 0 Å². The maximum absolute atomic E-state index is 5.98. The molecule has 82 valence electrons. The summed E-state index contributed by atoms with van der Waals surface area (Å²) in [6.07, 6.45) is 0. The van der Waals surface area contributed by atoms with Gasteiger partial charge in [-0.15, -0.1) is 0 Å². The van der Waals surface area contributed by atoms with Crippen LogP contribution in [0.25, 0.3) is 0 Å². The van der Waals surface area contributed by atoms with E-state index in [0.717, 1.165) is 10.0 Å². The Morgan fingerprint density at radius 3 is 2.67 bits per heavy atom. The van der Waals surface area contributed by atoms with Gasteiger partial charge < -0.3 is 5.43 Å². The normalized spacial score (nSPS) is 12.0. The Balaban J connectivity index is 3.08. The van der Waals surface area contributed by atoms with Crippen LogP contribution in [0.15, 0.2) is 27.7 Å². The minimum atomic E-state index is 0.179. The molecule has 0 aliphatic carbocycles. The third kappa shape index (κ3) is 3.48. The molecule has 3 nitrogen and oxygen atoms in total. The first-order valence-electron chi connectivity index (χ1n) is 4.54. The molecule has 0 bridgehead atoms. The molecule has 0 saturated heterocycles. The van der Waals surface area contributed by atoms with Gasteiger partial charge >= 0.3 is 0 Å². The fourth-order valence-corrected chi connectivity index (χ4v) is 1.52. The third-order valence-electron chi connectivity index (χ3n) is 1.72. The van der Waals surface area contributed by atoms with Crippen molar-refractivity contribution in [1.82, 2.24) is 5.43 Å². The average molecular weight is 291 g/mol. The second-order valence-corrected chi connectivity index (χ2v) is 4.61. The summed E-state index contributed by atoms with van der Waals surface area (Å²) in [5.74, 6) is 6.04. The van der Waals surface area contributed by atoms with Gasteiger partial charge in [0.15, 0.2) is 0 Å². The number of hydrogen-bond acceptors (Lipinski definition) is 2. The lowest BCUT2D eigenvalue weighted by Gasteiger charge is -2.08. The van der Waals surface area contributed by atoms with Gasteiger partial charge in [0, 0.05) is 16.1 Å². The molecule has 0 unspecified atom stereocenters. The number of hydrogen-bond donors (Lipinski definition) is 2. The van der Waals surface area contributed by atoms with Gasteiger partial charge in [-0.25, -0.2) is 5.84 Å². The SMILES string of the molecule is CC(C)N=C(NN)c1ccc(Br)c(Cl)c1. The van der Waals surface area contributed by atoms with Gasteiger partial charge in [0.1, 0.15) is 5.84 Å².